The maximum absolute atomic E-state index is 13.3. The first-order valence-electron chi connectivity index (χ1n) is 13.0. The predicted octanol–water partition coefficient (Wildman–Crippen LogP) is 3.60. The van der Waals surface area contributed by atoms with Gasteiger partial charge in [-0.15, -0.1) is 11.3 Å². The van der Waals surface area contributed by atoms with Crippen LogP contribution in [0.25, 0.3) is 10.9 Å². The highest BCUT2D eigenvalue weighted by Crippen LogP contribution is 2.55. The largest absolute Gasteiger partial charge is 0.341 e. The van der Waals surface area contributed by atoms with Crippen molar-refractivity contribution in [2.24, 2.45) is 16.7 Å². The van der Waals surface area contributed by atoms with Crippen LogP contribution in [-0.4, -0.2) is 72.7 Å². The van der Waals surface area contributed by atoms with E-state index < -0.39 is 0 Å². The molecule has 1 spiro atoms. The third kappa shape index (κ3) is 3.66. The van der Waals surface area contributed by atoms with E-state index in [1.807, 2.05) is 51.9 Å². The summed E-state index contributed by atoms with van der Waals surface area (Å²) in [6.07, 6.45) is 4.52. The lowest BCUT2D eigenvalue weighted by atomic mass is 9.71. The Kier molecular flexibility index (Phi) is 5.07. The molecule has 0 radical (unpaired) electrons. The Balaban J connectivity index is 1.15. The standard InChI is InChI=1S/C27H29N7O3S/c1-16(34-10-17-6-4-5-7-20(17)30-34)23-29-22(31-37-23)19-11-32(25(36)21-9-28-15-38-21)12-27(19)13-33(14-27)24(35)18-8-26(18,2)3/h4-7,9-10,15-16,18-19H,8,11-14H2,1-3H3/t16?,18-,19?/m1/s1. The normalized spacial score (nSPS) is 24.1. The smallest absolute Gasteiger partial charge is 0.265 e. The molecular formula is C27H29N7O3S. The molecule has 1 aliphatic carbocycles. The van der Waals surface area contributed by atoms with E-state index in [4.69, 9.17) is 9.51 Å². The number of fused-ring (bicyclic) bond motifs is 1. The van der Waals surface area contributed by atoms with Crippen molar-refractivity contribution in [1.29, 1.82) is 0 Å². The molecule has 2 saturated heterocycles. The summed E-state index contributed by atoms with van der Waals surface area (Å²) >= 11 is 1.34. The highest BCUT2D eigenvalue weighted by Gasteiger charge is 2.61. The van der Waals surface area contributed by atoms with E-state index in [-0.39, 0.29) is 40.5 Å². The molecule has 7 rings (SSSR count). The molecule has 5 heterocycles. The van der Waals surface area contributed by atoms with E-state index in [1.165, 1.54) is 11.3 Å². The molecule has 1 saturated carbocycles. The average Bonchev–Trinajstić information content (AvgIpc) is 3.51. The van der Waals surface area contributed by atoms with Gasteiger partial charge in [-0.3, -0.25) is 19.3 Å². The van der Waals surface area contributed by atoms with Crippen LogP contribution >= 0.6 is 11.3 Å². The molecule has 3 aliphatic rings. The van der Waals surface area contributed by atoms with Crippen molar-refractivity contribution < 1.29 is 14.1 Å². The van der Waals surface area contributed by atoms with Crippen molar-refractivity contribution in [2.45, 2.75) is 39.2 Å². The molecule has 1 aromatic carbocycles. The Hall–Kier alpha value is -3.60. The van der Waals surface area contributed by atoms with E-state index in [0.29, 0.717) is 42.8 Å². The summed E-state index contributed by atoms with van der Waals surface area (Å²) in [6.45, 7) is 8.49. The van der Waals surface area contributed by atoms with Gasteiger partial charge in [-0.1, -0.05) is 37.2 Å². The molecule has 196 valence electrons. The molecule has 2 amide bonds. The molecular weight excluding hydrogens is 502 g/mol. The number of nitrogens with zero attached hydrogens (tertiary/aromatic N) is 7. The number of likely N-dealkylation sites (tertiary alicyclic amines) is 2. The molecule has 0 bridgehead atoms. The van der Waals surface area contributed by atoms with Gasteiger partial charge in [-0.25, -0.2) is 0 Å². The fraction of sp³-hybridized carbons (Fsp3) is 0.481. The van der Waals surface area contributed by atoms with E-state index in [9.17, 15) is 9.59 Å². The second kappa shape index (κ2) is 8.20. The number of thiazole rings is 1. The van der Waals surface area contributed by atoms with Crippen molar-refractivity contribution in [3.63, 3.8) is 0 Å². The zero-order valence-electron chi connectivity index (χ0n) is 21.6. The number of aromatic nitrogens is 5. The van der Waals surface area contributed by atoms with Crippen LogP contribution in [0.2, 0.25) is 0 Å². The topological polar surface area (TPSA) is 110 Å². The predicted molar refractivity (Wildman–Crippen MR) is 140 cm³/mol. The van der Waals surface area contributed by atoms with E-state index >= 15 is 0 Å². The number of hydrogen-bond donors (Lipinski definition) is 0. The quantitative estimate of drug-likeness (QED) is 0.387. The van der Waals surface area contributed by atoms with Gasteiger partial charge in [0, 0.05) is 49.1 Å². The Morgan fingerprint density at radius 3 is 2.63 bits per heavy atom. The molecule has 2 unspecified atom stereocenters. The van der Waals surface area contributed by atoms with Crippen LogP contribution < -0.4 is 0 Å². The Morgan fingerprint density at radius 1 is 1.16 bits per heavy atom. The van der Waals surface area contributed by atoms with Crippen molar-refractivity contribution in [3.8, 4) is 0 Å². The minimum absolute atomic E-state index is 0.0391. The van der Waals surface area contributed by atoms with Gasteiger partial charge in [-0.05, 0) is 24.8 Å². The number of amides is 2. The van der Waals surface area contributed by atoms with Crippen molar-refractivity contribution in [1.82, 2.24) is 34.7 Å². The summed E-state index contributed by atoms with van der Waals surface area (Å²) < 4.78 is 7.60. The molecule has 3 fully saturated rings. The van der Waals surface area contributed by atoms with Crippen molar-refractivity contribution >= 4 is 34.1 Å². The van der Waals surface area contributed by atoms with Crippen LogP contribution in [0.4, 0.5) is 0 Å². The number of carbonyl (C=O) groups is 2. The minimum atomic E-state index is -0.292. The van der Waals surface area contributed by atoms with Gasteiger partial charge < -0.3 is 14.3 Å². The molecule has 11 heteroatoms. The van der Waals surface area contributed by atoms with Crippen LogP contribution in [0.3, 0.4) is 0 Å². The van der Waals surface area contributed by atoms with Crippen molar-refractivity contribution in [3.05, 3.63) is 58.8 Å². The number of carbonyl (C=O) groups excluding carboxylic acids is 2. The van der Waals surface area contributed by atoms with Gasteiger partial charge in [0.2, 0.25) is 5.91 Å². The van der Waals surface area contributed by atoms with Crippen molar-refractivity contribution in [2.75, 3.05) is 26.2 Å². The minimum Gasteiger partial charge on any atom is -0.341 e. The SMILES string of the molecule is CC(c1nc(C2CN(C(=O)c3cncs3)CC23CN(C(=O)[C@H]2CC2(C)C)C3)no1)n1cc2ccccc2n1. The Bertz CT molecular complexity index is 1500. The molecule has 0 N–H and O–H groups in total. The fourth-order valence-corrected chi connectivity index (χ4v) is 6.70. The summed E-state index contributed by atoms with van der Waals surface area (Å²) in [4.78, 5) is 39.7. The summed E-state index contributed by atoms with van der Waals surface area (Å²) in [5.74, 6) is 1.21. The van der Waals surface area contributed by atoms with Gasteiger partial charge in [0.15, 0.2) is 5.82 Å². The van der Waals surface area contributed by atoms with Gasteiger partial charge in [0.1, 0.15) is 10.9 Å². The molecule has 3 aromatic heterocycles. The zero-order valence-corrected chi connectivity index (χ0v) is 22.4. The monoisotopic (exact) mass is 531 g/mol. The summed E-state index contributed by atoms with van der Waals surface area (Å²) in [6, 6.07) is 7.70. The lowest BCUT2D eigenvalue weighted by molar-refractivity contribution is -0.145. The highest BCUT2D eigenvalue weighted by atomic mass is 32.1. The second-order valence-corrected chi connectivity index (χ2v) is 12.6. The van der Waals surface area contributed by atoms with E-state index in [2.05, 4.69) is 29.1 Å². The summed E-state index contributed by atoms with van der Waals surface area (Å²) in [7, 11) is 0. The number of rotatable bonds is 5. The van der Waals surface area contributed by atoms with Gasteiger partial charge in [0.25, 0.3) is 11.8 Å². The summed E-state index contributed by atoms with van der Waals surface area (Å²) in [5, 5.41) is 10.1. The summed E-state index contributed by atoms with van der Waals surface area (Å²) in [5.41, 5.74) is 2.37. The first kappa shape index (κ1) is 23.5. The van der Waals surface area contributed by atoms with Gasteiger partial charge in [-0.2, -0.15) is 10.1 Å². The number of benzene rings is 1. The molecule has 3 atom stereocenters. The van der Waals surface area contributed by atoms with Crippen LogP contribution in [0.5, 0.6) is 0 Å². The van der Waals surface area contributed by atoms with E-state index in [0.717, 1.165) is 17.3 Å². The Labute approximate surface area is 223 Å². The third-order valence-electron chi connectivity index (χ3n) is 8.67. The lowest BCUT2D eigenvalue weighted by Gasteiger charge is -2.50. The molecule has 38 heavy (non-hydrogen) atoms. The first-order valence-corrected chi connectivity index (χ1v) is 13.9. The lowest BCUT2D eigenvalue weighted by Crippen LogP contribution is -2.62. The van der Waals surface area contributed by atoms with Gasteiger partial charge >= 0.3 is 0 Å². The maximum atomic E-state index is 13.3. The molecule has 2 aliphatic heterocycles. The Morgan fingerprint density at radius 2 is 1.92 bits per heavy atom. The average molecular weight is 532 g/mol. The second-order valence-electron chi connectivity index (χ2n) is 11.7. The fourth-order valence-electron chi connectivity index (χ4n) is 6.11. The zero-order chi connectivity index (χ0) is 26.2. The maximum Gasteiger partial charge on any atom is 0.265 e. The molecule has 4 aromatic rings. The van der Waals surface area contributed by atoms with Crippen LogP contribution in [-0.2, 0) is 4.79 Å². The van der Waals surface area contributed by atoms with Gasteiger partial charge in [0.05, 0.1) is 23.1 Å². The van der Waals surface area contributed by atoms with Crippen LogP contribution in [0, 0.1) is 16.7 Å². The number of hydrogen-bond acceptors (Lipinski definition) is 8. The van der Waals surface area contributed by atoms with Crippen LogP contribution in [0.1, 0.15) is 60.5 Å². The van der Waals surface area contributed by atoms with Crippen LogP contribution in [0.15, 0.2) is 46.7 Å². The van der Waals surface area contributed by atoms with E-state index in [1.54, 1.807) is 11.7 Å². The molecule has 10 nitrogen and oxygen atoms in total. The first-order chi connectivity index (χ1) is 18.2. The third-order valence-corrected chi connectivity index (χ3v) is 9.43. The highest BCUT2D eigenvalue weighted by molar-refractivity contribution is 7.11.